The molecule has 1 rings (SSSR count). The first-order chi connectivity index (χ1) is 6.22. The van der Waals surface area contributed by atoms with Crippen molar-refractivity contribution < 1.29 is 9.53 Å². The van der Waals surface area contributed by atoms with Gasteiger partial charge >= 0.3 is 0 Å². The topological polar surface area (TPSA) is 26.3 Å². The number of ketones is 1. The quantitative estimate of drug-likeness (QED) is 0.721. The van der Waals surface area contributed by atoms with E-state index in [4.69, 9.17) is 16.3 Å². The fourth-order valence-corrected chi connectivity index (χ4v) is 0.997. The molecule has 4 heteroatoms. The SMILES string of the molecule is O=C(CP)COc1ccc(Cl)cc1. The van der Waals surface area contributed by atoms with Crippen molar-refractivity contribution in [1.29, 1.82) is 0 Å². The average molecular weight is 217 g/mol. The molecular formula is C9H10ClO2P. The molecule has 1 aromatic rings. The molecule has 1 aromatic carbocycles. The number of carbonyl (C=O) groups excluding carboxylic acids is 1. The highest BCUT2D eigenvalue weighted by Crippen LogP contribution is 2.15. The van der Waals surface area contributed by atoms with Crippen LogP contribution in [-0.2, 0) is 4.79 Å². The summed E-state index contributed by atoms with van der Waals surface area (Å²) in [7, 11) is 2.36. The van der Waals surface area contributed by atoms with Crippen molar-refractivity contribution in [3.05, 3.63) is 29.3 Å². The van der Waals surface area contributed by atoms with Crippen LogP contribution in [0.1, 0.15) is 0 Å². The first-order valence-corrected chi connectivity index (χ1v) is 5.02. The van der Waals surface area contributed by atoms with Crippen LogP contribution in [0.4, 0.5) is 0 Å². The summed E-state index contributed by atoms with van der Waals surface area (Å²) in [5, 5.41) is 0.657. The molecule has 2 nitrogen and oxygen atoms in total. The summed E-state index contributed by atoms with van der Waals surface area (Å²) in [6.45, 7) is 0.116. The third-order valence-corrected chi connectivity index (χ3v) is 2.15. The average Bonchev–Trinajstić information content (AvgIpc) is 2.16. The van der Waals surface area contributed by atoms with E-state index in [1.54, 1.807) is 24.3 Å². The predicted molar refractivity (Wildman–Crippen MR) is 56.5 cm³/mol. The molecule has 0 spiro atoms. The summed E-state index contributed by atoms with van der Waals surface area (Å²) >= 11 is 5.68. The molecule has 1 atom stereocenters. The second kappa shape index (κ2) is 5.21. The standard InChI is InChI=1S/C9H10ClO2P/c10-7-1-3-9(4-2-7)12-5-8(11)6-13/h1-4H,5-6,13H2. The van der Waals surface area contributed by atoms with Crippen molar-refractivity contribution in [3.8, 4) is 5.75 Å². The molecule has 1 unspecified atom stereocenters. The highest BCUT2D eigenvalue weighted by atomic mass is 35.5. The van der Waals surface area contributed by atoms with Crippen LogP contribution in [0, 0.1) is 0 Å². The molecule has 70 valence electrons. The largest absolute Gasteiger partial charge is 0.486 e. The molecule has 0 aromatic heterocycles. The summed E-state index contributed by atoms with van der Waals surface area (Å²) in [6, 6.07) is 6.92. The van der Waals surface area contributed by atoms with Crippen molar-refractivity contribution in [2.75, 3.05) is 12.8 Å². The van der Waals surface area contributed by atoms with E-state index in [0.717, 1.165) is 0 Å². The van der Waals surface area contributed by atoms with Gasteiger partial charge in [0.25, 0.3) is 0 Å². The molecule has 0 bridgehead atoms. The zero-order valence-corrected chi connectivity index (χ0v) is 8.91. The van der Waals surface area contributed by atoms with E-state index in [-0.39, 0.29) is 12.4 Å². The highest BCUT2D eigenvalue weighted by molar-refractivity contribution is 7.18. The third-order valence-electron chi connectivity index (χ3n) is 1.44. The van der Waals surface area contributed by atoms with Gasteiger partial charge in [-0.15, -0.1) is 9.24 Å². The number of rotatable bonds is 4. The minimum atomic E-state index is 0.0555. The molecule has 0 aliphatic rings. The second-order valence-electron chi connectivity index (χ2n) is 2.49. The Kier molecular flexibility index (Phi) is 4.20. The molecular weight excluding hydrogens is 207 g/mol. The van der Waals surface area contributed by atoms with Crippen LogP contribution in [0.25, 0.3) is 0 Å². The summed E-state index contributed by atoms with van der Waals surface area (Å²) in [5.74, 6) is 0.719. The Balaban J connectivity index is 2.46. The minimum absolute atomic E-state index is 0.0555. The molecule has 0 saturated carbocycles. The van der Waals surface area contributed by atoms with Gasteiger partial charge in [-0.25, -0.2) is 0 Å². The van der Waals surface area contributed by atoms with Gasteiger partial charge in [-0.2, -0.15) is 0 Å². The maximum atomic E-state index is 10.9. The van der Waals surface area contributed by atoms with E-state index in [9.17, 15) is 4.79 Å². The Morgan fingerprint density at radius 3 is 2.54 bits per heavy atom. The van der Waals surface area contributed by atoms with Gasteiger partial charge in [-0.3, -0.25) is 4.79 Å². The zero-order valence-electron chi connectivity index (χ0n) is 7.00. The van der Waals surface area contributed by atoms with Gasteiger partial charge in [0.1, 0.15) is 12.4 Å². The Bertz CT molecular complexity index is 284. The lowest BCUT2D eigenvalue weighted by atomic mass is 10.3. The van der Waals surface area contributed by atoms with Gasteiger partial charge in [-0.05, 0) is 24.3 Å². The molecule has 0 heterocycles. The molecule has 0 fully saturated rings. The molecule has 0 amide bonds. The summed E-state index contributed by atoms with van der Waals surface area (Å²) in [4.78, 5) is 10.9. The fraction of sp³-hybridized carbons (Fsp3) is 0.222. The lowest BCUT2D eigenvalue weighted by Crippen LogP contribution is -2.11. The van der Waals surface area contributed by atoms with Crippen LogP contribution < -0.4 is 4.74 Å². The first kappa shape index (κ1) is 10.5. The fourth-order valence-electron chi connectivity index (χ4n) is 0.754. The second-order valence-corrected chi connectivity index (χ2v) is 3.33. The Morgan fingerprint density at radius 1 is 1.38 bits per heavy atom. The Hall–Kier alpha value is -0.590. The number of hydrogen-bond acceptors (Lipinski definition) is 2. The van der Waals surface area contributed by atoms with E-state index >= 15 is 0 Å². The Labute approximate surface area is 84.4 Å². The summed E-state index contributed by atoms with van der Waals surface area (Å²) < 4.78 is 5.19. The number of hydrogen-bond donors (Lipinski definition) is 0. The molecule has 0 radical (unpaired) electrons. The number of benzene rings is 1. The van der Waals surface area contributed by atoms with Crippen LogP contribution in [0.15, 0.2) is 24.3 Å². The van der Waals surface area contributed by atoms with Crippen molar-refractivity contribution in [1.82, 2.24) is 0 Å². The third kappa shape index (κ3) is 3.75. The van der Waals surface area contributed by atoms with Crippen LogP contribution >= 0.6 is 20.8 Å². The van der Waals surface area contributed by atoms with Crippen molar-refractivity contribution >= 4 is 26.6 Å². The summed E-state index contributed by atoms with van der Waals surface area (Å²) in [6.07, 6.45) is 0.424. The first-order valence-electron chi connectivity index (χ1n) is 3.82. The van der Waals surface area contributed by atoms with Crippen LogP contribution in [0.5, 0.6) is 5.75 Å². The number of carbonyl (C=O) groups is 1. The van der Waals surface area contributed by atoms with Crippen LogP contribution in [0.3, 0.4) is 0 Å². The number of ether oxygens (including phenoxy) is 1. The smallest absolute Gasteiger partial charge is 0.173 e. The van der Waals surface area contributed by atoms with Gasteiger partial charge in [-0.1, -0.05) is 11.6 Å². The molecule has 0 saturated heterocycles. The monoisotopic (exact) mass is 216 g/mol. The minimum Gasteiger partial charge on any atom is -0.486 e. The van der Waals surface area contributed by atoms with Crippen molar-refractivity contribution in [3.63, 3.8) is 0 Å². The molecule has 0 aliphatic carbocycles. The molecule has 0 aliphatic heterocycles. The molecule has 0 N–H and O–H groups in total. The van der Waals surface area contributed by atoms with E-state index in [2.05, 4.69) is 9.24 Å². The lowest BCUT2D eigenvalue weighted by Gasteiger charge is -2.03. The van der Waals surface area contributed by atoms with E-state index < -0.39 is 0 Å². The normalized spacial score (nSPS) is 9.69. The maximum absolute atomic E-state index is 10.9. The van der Waals surface area contributed by atoms with Gasteiger partial charge in [0.05, 0.1) is 0 Å². The maximum Gasteiger partial charge on any atom is 0.173 e. The van der Waals surface area contributed by atoms with Crippen molar-refractivity contribution in [2.24, 2.45) is 0 Å². The van der Waals surface area contributed by atoms with E-state index in [1.165, 1.54) is 0 Å². The van der Waals surface area contributed by atoms with E-state index in [0.29, 0.717) is 16.9 Å². The zero-order chi connectivity index (χ0) is 9.68. The number of Topliss-reactive ketones (excluding diaryl/α,β-unsaturated/α-hetero) is 1. The van der Waals surface area contributed by atoms with Gasteiger partial charge in [0.2, 0.25) is 0 Å². The number of halogens is 1. The van der Waals surface area contributed by atoms with Crippen LogP contribution in [-0.4, -0.2) is 18.6 Å². The Morgan fingerprint density at radius 2 is 2.00 bits per heavy atom. The van der Waals surface area contributed by atoms with E-state index in [1.807, 2.05) is 0 Å². The van der Waals surface area contributed by atoms with Gasteiger partial charge < -0.3 is 4.74 Å². The highest BCUT2D eigenvalue weighted by Gasteiger charge is 1.99. The van der Waals surface area contributed by atoms with Crippen molar-refractivity contribution in [2.45, 2.75) is 0 Å². The molecule has 13 heavy (non-hydrogen) atoms. The predicted octanol–water partition coefficient (Wildman–Crippen LogP) is 2.16. The summed E-state index contributed by atoms with van der Waals surface area (Å²) in [5.41, 5.74) is 0. The van der Waals surface area contributed by atoms with Gasteiger partial charge in [0.15, 0.2) is 5.78 Å². The van der Waals surface area contributed by atoms with Gasteiger partial charge in [0, 0.05) is 11.2 Å². The van der Waals surface area contributed by atoms with Crippen LogP contribution in [0.2, 0.25) is 5.02 Å². The lowest BCUT2D eigenvalue weighted by molar-refractivity contribution is -0.118.